The number of hydrogen-bond acceptors (Lipinski definition) is 10. The molecule has 9 rings (SSSR count). The van der Waals surface area contributed by atoms with Gasteiger partial charge < -0.3 is 5.32 Å². The third-order valence-corrected chi connectivity index (χ3v) is 14.2. The van der Waals surface area contributed by atoms with E-state index in [1.54, 1.807) is 33.4 Å². The van der Waals surface area contributed by atoms with Gasteiger partial charge in [0.15, 0.2) is 5.82 Å². The molecule has 5 aromatic rings. The number of piperidine rings is 2. The predicted octanol–water partition coefficient (Wildman–Crippen LogP) is 4.88. The topological polar surface area (TPSA) is 168 Å². The zero-order valence-electron chi connectivity index (χ0n) is 32.1. The third-order valence-electron chi connectivity index (χ3n) is 12.3. The van der Waals surface area contributed by atoms with Crippen molar-refractivity contribution in [3.8, 4) is 0 Å². The zero-order valence-corrected chi connectivity index (χ0v) is 33.0. The molecule has 0 atom stereocenters. The van der Waals surface area contributed by atoms with Crippen LogP contribution < -0.4 is 21.1 Å². The molecule has 3 saturated heterocycles. The minimum atomic E-state index is -3.68. The summed E-state index contributed by atoms with van der Waals surface area (Å²) in [6.45, 7) is 3.53. The van der Waals surface area contributed by atoms with Crippen molar-refractivity contribution in [2.45, 2.75) is 87.2 Å². The van der Waals surface area contributed by atoms with Crippen LogP contribution >= 0.6 is 0 Å². The van der Waals surface area contributed by atoms with Gasteiger partial charge in [-0.3, -0.25) is 34.0 Å². The largest absolute Gasteiger partial charge is 0.351 e. The highest BCUT2D eigenvalue weighted by Gasteiger charge is 2.32. The van der Waals surface area contributed by atoms with Gasteiger partial charge in [0.25, 0.3) is 5.56 Å². The number of nitrogens with one attached hydrogen (secondary N) is 2. The van der Waals surface area contributed by atoms with Crippen molar-refractivity contribution in [1.29, 1.82) is 0 Å². The summed E-state index contributed by atoms with van der Waals surface area (Å²) < 4.78 is 32.9. The predicted molar refractivity (Wildman–Crippen MR) is 217 cm³/mol. The van der Waals surface area contributed by atoms with E-state index in [0.29, 0.717) is 67.2 Å². The average Bonchev–Trinajstić information content (AvgIpc) is 3.86. The Morgan fingerprint density at radius 3 is 2.44 bits per heavy atom. The van der Waals surface area contributed by atoms with E-state index < -0.39 is 16.1 Å². The standard InChI is InChI=1S/C41H48N10O5S/c1-47-35-24-29(9-11-34(35)39(46-47)50-22-17-36(52)44-41(50)54)28-13-18-48(19-14-28)26-27-5-4-8-33(23-27)57(55,56)49-20-15-31(16-21-49)43-40-42-25-30-10-12-37(53)51(38(30)45-40)32-6-2-3-7-32/h4-5,8-12,23-25,28,31-32H,2-3,6-7,13-22,26H2,1H3,(H,42,43,45)(H,44,52,54). The highest BCUT2D eigenvalue weighted by atomic mass is 32.2. The number of urea groups is 1. The van der Waals surface area contributed by atoms with Gasteiger partial charge in [-0.2, -0.15) is 14.4 Å². The summed E-state index contributed by atoms with van der Waals surface area (Å²) in [4.78, 5) is 50.6. The molecule has 57 heavy (non-hydrogen) atoms. The molecule has 3 aromatic heterocycles. The summed E-state index contributed by atoms with van der Waals surface area (Å²) in [6, 6.07) is 16.8. The normalized spacial score (nSPS) is 19.8. The molecule has 15 nitrogen and oxygen atoms in total. The summed E-state index contributed by atoms with van der Waals surface area (Å²) in [7, 11) is -1.80. The molecule has 4 fully saturated rings. The number of hydrogen-bond donors (Lipinski definition) is 2. The fourth-order valence-corrected chi connectivity index (χ4v) is 10.7. The Labute approximate surface area is 331 Å². The van der Waals surface area contributed by atoms with E-state index >= 15 is 0 Å². The zero-order chi connectivity index (χ0) is 39.3. The summed E-state index contributed by atoms with van der Waals surface area (Å²) in [6.07, 6.45) is 9.35. The molecule has 2 N–H and O–H groups in total. The monoisotopic (exact) mass is 792 g/mol. The molecule has 0 unspecified atom stereocenters. The van der Waals surface area contributed by atoms with Crippen molar-refractivity contribution in [2.24, 2.45) is 7.05 Å². The summed E-state index contributed by atoms with van der Waals surface area (Å²) >= 11 is 0. The molecule has 4 aliphatic rings. The number of imide groups is 1. The van der Waals surface area contributed by atoms with Gasteiger partial charge in [0, 0.05) is 74.8 Å². The second-order valence-electron chi connectivity index (χ2n) is 16.0. The maximum atomic E-state index is 13.9. The molecule has 0 spiro atoms. The van der Waals surface area contributed by atoms with E-state index in [4.69, 9.17) is 4.98 Å². The molecule has 1 saturated carbocycles. The fraction of sp³-hybridized carbons (Fsp3) is 0.463. The molecular formula is C41H48N10O5S. The van der Waals surface area contributed by atoms with Crippen LogP contribution in [-0.2, 0) is 28.4 Å². The van der Waals surface area contributed by atoms with E-state index in [9.17, 15) is 22.8 Å². The number of sulfonamides is 1. The van der Waals surface area contributed by atoms with Gasteiger partial charge in [-0.15, -0.1) is 0 Å². The lowest BCUT2D eigenvalue weighted by atomic mass is 9.89. The number of anilines is 2. The van der Waals surface area contributed by atoms with Crippen molar-refractivity contribution in [3.63, 3.8) is 0 Å². The van der Waals surface area contributed by atoms with Gasteiger partial charge in [-0.05, 0) is 99.0 Å². The minimum Gasteiger partial charge on any atom is -0.351 e. The lowest BCUT2D eigenvalue weighted by Gasteiger charge is -2.33. The number of carbonyl (C=O) groups is 2. The van der Waals surface area contributed by atoms with Crippen molar-refractivity contribution in [1.82, 2.24) is 38.8 Å². The summed E-state index contributed by atoms with van der Waals surface area (Å²) in [5.41, 5.74) is 3.77. The average molecular weight is 793 g/mol. The number of pyridine rings is 1. The molecular weight excluding hydrogens is 745 g/mol. The highest BCUT2D eigenvalue weighted by molar-refractivity contribution is 7.89. The van der Waals surface area contributed by atoms with Crippen LogP contribution in [-0.4, -0.2) is 92.6 Å². The Morgan fingerprint density at radius 2 is 1.67 bits per heavy atom. The van der Waals surface area contributed by atoms with Crippen LogP contribution in [0.3, 0.4) is 0 Å². The maximum absolute atomic E-state index is 13.9. The molecule has 0 radical (unpaired) electrons. The molecule has 298 valence electrons. The van der Waals surface area contributed by atoms with Crippen LogP contribution in [0.5, 0.6) is 0 Å². The van der Waals surface area contributed by atoms with E-state index in [2.05, 4.69) is 37.7 Å². The lowest BCUT2D eigenvalue weighted by molar-refractivity contribution is -0.120. The van der Waals surface area contributed by atoms with Crippen molar-refractivity contribution >= 4 is 55.7 Å². The number of likely N-dealkylation sites (tertiary alicyclic amines) is 1. The first-order valence-corrected chi connectivity index (χ1v) is 21.6. The van der Waals surface area contributed by atoms with E-state index in [1.165, 1.54) is 10.5 Å². The second kappa shape index (κ2) is 15.3. The first-order valence-electron chi connectivity index (χ1n) is 20.1. The Bertz CT molecular complexity index is 2510. The van der Waals surface area contributed by atoms with Crippen molar-refractivity contribution in [2.75, 3.05) is 42.9 Å². The fourth-order valence-electron chi connectivity index (χ4n) is 9.16. The Hall–Kier alpha value is -5.19. The minimum absolute atomic E-state index is 0.0119. The highest BCUT2D eigenvalue weighted by Crippen LogP contribution is 2.35. The molecule has 2 aromatic carbocycles. The summed E-state index contributed by atoms with van der Waals surface area (Å²) in [5.74, 6) is 1.12. The molecule has 16 heteroatoms. The molecule has 1 aliphatic carbocycles. The van der Waals surface area contributed by atoms with Gasteiger partial charge >= 0.3 is 6.03 Å². The van der Waals surface area contributed by atoms with Crippen molar-refractivity contribution in [3.05, 3.63) is 82.3 Å². The van der Waals surface area contributed by atoms with Crippen LogP contribution in [0.4, 0.5) is 16.6 Å². The van der Waals surface area contributed by atoms with E-state index in [-0.39, 0.29) is 30.0 Å². The van der Waals surface area contributed by atoms with Crippen molar-refractivity contribution < 1.29 is 18.0 Å². The summed E-state index contributed by atoms with van der Waals surface area (Å²) in [5, 5.41) is 12.1. The quantitative estimate of drug-likeness (QED) is 0.210. The number of rotatable bonds is 9. The van der Waals surface area contributed by atoms with Crippen LogP contribution in [0.2, 0.25) is 0 Å². The number of amides is 3. The number of nitrogens with zero attached hydrogens (tertiary/aromatic N) is 8. The van der Waals surface area contributed by atoms with Gasteiger partial charge in [-0.1, -0.05) is 31.0 Å². The smallest absolute Gasteiger partial charge is 0.329 e. The molecule has 3 amide bonds. The number of aryl methyl sites for hydroxylation is 1. The first-order chi connectivity index (χ1) is 27.6. The van der Waals surface area contributed by atoms with Gasteiger partial charge in [-0.25, -0.2) is 18.2 Å². The number of fused-ring (bicyclic) bond motifs is 2. The Kier molecular flexibility index (Phi) is 10.0. The second-order valence-corrected chi connectivity index (χ2v) is 17.9. The first kappa shape index (κ1) is 37.4. The third kappa shape index (κ3) is 7.41. The van der Waals surface area contributed by atoms with Crippen LogP contribution in [0.15, 0.2) is 70.5 Å². The van der Waals surface area contributed by atoms with Crippen LogP contribution in [0.25, 0.3) is 21.9 Å². The van der Waals surface area contributed by atoms with Gasteiger partial charge in [0.05, 0.1) is 10.4 Å². The molecule has 6 heterocycles. The van der Waals surface area contributed by atoms with Gasteiger partial charge in [0.1, 0.15) is 5.65 Å². The number of aromatic nitrogens is 5. The molecule has 0 bridgehead atoms. The van der Waals surface area contributed by atoms with E-state index in [1.807, 2.05) is 35.9 Å². The number of benzene rings is 2. The Balaban J connectivity index is 0.800. The Morgan fingerprint density at radius 1 is 0.877 bits per heavy atom. The number of carbonyl (C=O) groups excluding carboxylic acids is 2. The SMILES string of the molecule is Cn1nc(N2CCC(=O)NC2=O)c2ccc(C3CCN(Cc4cccc(S(=O)(=O)N5CCC(Nc6ncc7ccc(=O)n(C8CCCC8)c7n6)CC5)c4)CC3)cc21. The van der Waals surface area contributed by atoms with Crippen LogP contribution in [0.1, 0.15) is 80.9 Å². The molecule has 3 aliphatic heterocycles. The van der Waals surface area contributed by atoms with Crippen LogP contribution in [0, 0.1) is 0 Å². The van der Waals surface area contributed by atoms with Gasteiger partial charge in [0.2, 0.25) is 21.9 Å². The lowest BCUT2D eigenvalue weighted by Crippen LogP contribution is -2.49. The maximum Gasteiger partial charge on any atom is 0.329 e. The van der Waals surface area contributed by atoms with E-state index in [0.717, 1.165) is 73.5 Å².